The van der Waals surface area contributed by atoms with Crippen LogP contribution in [0.4, 0.5) is 0 Å². The van der Waals surface area contributed by atoms with E-state index < -0.39 is 30.0 Å². The van der Waals surface area contributed by atoms with Crippen molar-refractivity contribution in [1.29, 1.82) is 0 Å². The Hall–Kier alpha value is -1.26. The van der Waals surface area contributed by atoms with Crippen LogP contribution in [0.15, 0.2) is 39.4 Å². The lowest BCUT2D eigenvalue weighted by Crippen LogP contribution is -2.07. The summed E-state index contributed by atoms with van der Waals surface area (Å²) in [5, 5.41) is 1.60. The van der Waals surface area contributed by atoms with Gasteiger partial charge in [0.25, 0.3) is 20.2 Å². The monoisotopic (exact) mass is 319 g/mol. The molecule has 0 unspecified atom stereocenters. The van der Waals surface area contributed by atoms with Crippen LogP contribution in [0.5, 0.6) is 0 Å². The Morgan fingerprint density at radius 3 is 2.21 bits per heavy atom. The molecule has 1 aromatic heterocycles. The molecule has 0 aliphatic carbocycles. The van der Waals surface area contributed by atoms with Crippen LogP contribution in [-0.2, 0) is 20.2 Å². The van der Waals surface area contributed by atoms with Gasteiger partial charge >= 0.3 is 0 Å². The van der Waals surface area contributed by atoms with Crippen LogP contribution in [0.2, 0.25) is 0 Å². The van der Waals surface area contributed by atoms with Crippen molar-refractivity contribution in [3.63, 3.8) is 0 Å². The van der Waals surface area contributed by atoms with E-state index in [4.69, 9.17) is 9.11 Å². The van der Waals surface area contributed by atoms with Gasteiger partial charge in [-0.05, 0) is 17.5 Å². The van der Waals surface area contributed by atoms with E-state index in [1.807, 2.05) is 0 Å². The van der Waals surface area contributed by atoms with Crippen LogP contribution < -0.4 is 0 Å². The van der Waals surface area contributed by atoms with Gasteiger partial charge in [0, 0.05) is 16.5 Å². The molecule has 0 aliphatic heterocycles. The van der Waals surface area contributed by atoms with Crippen LogP contribution in [-0.4, -0.2) is 25.9 Å². The van der Waals surface area contributed by atoms with Crippen molar-refractivity contribution in [3.05, 3.63) is 35.7 Å². The second kappa shape index (κ2) is 4.69. The Balaban J connectivity index is 2.94. The minimum Gasteiger partial charge on any atom is -0.282 e. The zero-order valence-corrected chi connectivity index (χ0v) is 11.6. The van der Waals surface area contributed by atoms with E-state index >= 15 is 0 Å². The van der Waals surface area contributed by atoms with Crippen LogP contribution in [0.25, 0.3) is 10.4 Å². The highest BCUT2D eigenvalue weighted by atomic mass is 32.2. The molecule has 0 saturated heterocycles. The molecule has 2 rings (SSSR count). The Labute approximate surface area is 113 Å². The van der Waals surface area contributed by atoms with Gasteiger partial charge in [-0.15, -0.1) is 11.3 Å². The molecular weight excluding hydrogens is 312 g/mol. The Morgan fingerprint density at radius 1 is 1.05 bits per heavy atom. The van der Waals surface area contributed by atoms with Gasteiger partial charge in [-0.2, -0.15) is 16.8 Å². The molecule has 1 heterocycles. The van der Waals surface area contributed by atoms with E-state index in [9.17, 15) is 16.8 Å². The summed E-state index contributed by atoms with van der Waals surface area (Å²) in [5.74, 6) is 0. The highest BCUT2D eigenvalue weighted by Gasteiger charge is 2.25. The summed E-state index contributed by atoms with van der Waals surface area (Å²) in [6.07, 6.45) is 0. The van der Waals surface area contributed by atoms with Crippen LogP contribution in [0, 0.1) is 6.07 Å². The largest absolute Gasteiger partial charge is 0.295 e. The third-order valence-electron chi connectivity index (χ3n) is 2.23. The van der Waals surface area contributed by atoms with Crippen molar-refractivity contribution in [3.8, 4) is 10.4 Å². The molecule has 2 N–H and O–H groups in total. The lowest BCUT2D eigenvalue weighted by molar-refractivity contribution is 0.481. The normalized spacial score (nSPS) is 12.5. The molecule has 0 bridgehead atoms. The van der Waals surface area contributed by atoms with Gasteiger partial charge in [-0.1, -0.05) is 12.1 Å². The van der Waals surface area contributed by atoms with Crippen molar-refractivity contribution >= 4 is 31.6 Å². The van der Waals surface area contributed by atoms with E-state index in [1.54, 1.807) is 11.4 Å². The van der Waals surface area contributed by atoms with Crippen molar-refractivity contribution in [2.45, 2.75) is 9.79 Å². The highest BCUT2D eigenvalue weighted by molar-refractivity contribution is 7.87. The molecule has 9 heteroatoms. The smallest absolute Gasteiger partial charge is 0.282 e. The molecule has 0 fully saturated rings. The molecule has 0 aliphatic rings. The Kier molecular flexibility index (Phi) is 3.49. The Bertz CT molecular complexity index is 753. The topological polar surface area (TPSA) is 109 Å². The fourth-order valence-corrected chi connectivity index (χ4v) is 3.92. The van der Waals surface area contributed by atoms with Gasteiger partial charge in [0.2, 0.25) is 0 Å². The van der Waals surface area contributed by atoms with Gasteiger partial charge < -0.3 is 0 Å². The number of thiophene rings is 1. The van der Waals surface area contributed by atoms with Crippen molar-refractivity contribution in [2.75, 3.05) is 0 Å². The van der Waals surface area contributed by atoms with Gasteiger partial charge in [-0.25, -0.2) is 0 Å². The maximum Gasteiger partial charge on any atom is 0.295 e. The summed E-state index contributed by atoms with van der Waals surface area (Å²) < 4.78 is 63.4. The van der Waals surface area contributed by atoms with Gasteiger partial charge in [0.05, 0.1) is 0 Å². The minimum atomic E-state index is -4.67. The molecule has 2 aromatic rings. The maximum atomic E-state index is 11.3. The van der Waals surface area contributed by atoms with E-state index in [0.717, 1.165) is 23.5 Å². The lowest BCUT2D eigenvalue weighted by atomic mass is 10.2. The number of hydrogen-bond donors (Lipinski definition) is 2. The SMILES string of the molecule is O=S(=O)(O)c1[c]ccc(S(=O)(=O)O)c1-c1cccs1. The first-order valence-electron chi connectivity index (χ1n) is 4.75. The highest BCUT2D eigenvalue weighted by Crippen LogP contribution is 2.35. The van der Waals surface area contributed by atoms with Gasteiger partial charge in [0.15, 0.2) is 0 Å². The summed E-state index contributed by atoms with van der Waals surface area (Å²) in [5.41, 5.74) is -0.289. The predicted molar refractivity (Wildman–Crippen MR) is 68.2 cm³/mol. The number of benzene rings is 1. The van der Waals surface area contributed by atoms with Crippen molar-refractivity contribution < 1.29 is 25.9 Å². The Morgan fingerprint density at radius 2 is 1.74 bits per heavy atom. The first-order chi connectivity index (χ1) is 8.71. The quantitative estimate of drug-likeness (QED) is 0.834. The molecule has 6 nitrogen and oxygen atoms in total. The summed E-state index contributed by atoms with van der Waals surface area (Å²) in [7, 11) is -9.30. The first-order valence-corrected chi connectivity index (χ1v) is 8.51. The molecule has 0 saturated carbocycles. The molecule has 0 atom stereocenters. The summed E-state index contributed by atoms with van der Waals surface area (Å²) in [4.78, 5) is -1.01. The second-order valence-corrected chi connectivity index (χ2v) is 7.17. The van der Waals surface area contributed by atoms with Crippen molar-refractivity contribution in [1.82, 2.24) is 0 Å². The maximum absolute atomic E-state index is 11.3. The average molecular weight is 319 g/mol. The number of rotatable bonds is 3. The molecular formula is C10H7O6S3. The van der Waals surface area contributed by atoms with E-state index in [1.165, 1.54) is 6.07 Å². The zero-order chi connectivity index (χ0) is 14.3. The fourth-order valence-electron chi connectivity index (χ4n) is 1.53. The molecule has 101 valence electrons. The average Bonchev–Trinajstić information content (AvgIpc) is 2.78. The van der Waals surface area contributed by atoms with Gasteiger partial charge in [0.1, 0.15) is 9.79 Å². The van der Waals surface area contributed by atoms with Crippen LogP contribution in [0.1, 0.15) is 0 Å². The van der Waals surface area contributed by atoms with E-state index in [2.05, 4.69) is 6.07 Å². The number of hydrogen-bond acceptors (Lipinski definition) is 5. The van der Waals surface area contributed by atoms with E-state index in [0.29, 0.717) is 0 Å². The fraction of sp³-hybridized carbons (Fsp3) is 0. The summed E-state index contributed by atoms with van der Waals surface area (Å²) in [6.45, 7) is 0. The molecule has 0 spiro atoms. The van der Waals surface area contributed by atoms with Gasteiger partial charge in [-0.3, -0.25) is 9.11 Å². The molecule has 1 aromatic carbocycles. The van der Waals surface area contributed by atoms with Crippen LogP contribution in [0.3, 0.4) is 0 Å². The second-order valence-electron chi connectivity index (χ2n) is 3.47. The first kappa shape index (κ1) is 14.2. The third kappa shape index (κ3) is 2.85. The standard InChI is InChI=1S/C10H7O6S3/c11-18(12,13)8-4-1-5-9(19(14,15)16)10(8)7-3-2-6-17-7/h1-4,6H,(H,11,12,13)(H,14,15,16). The minimum absolute atomic E-state index is 0.275. The summed E-state index contributed by atoms with van der Waals surface area (Å²) in [6, 6.07) is 7.33. The van der Waals surface area contributed by atoms with Crippen LogP contribution >= 0.6 is 11.3 Å². The summed E-state index contributed by atoms with van der Waals surface area (Å²) >= 11 is 1.07. The zero-order valence-electron chi connectivity index (χ0n) is 9.14. The predicted octanol–water partition coefficient (Wildman–Crippen LogP) is 1.71. The third-order valence-corrected chi connectivity index (χ3v) is 4.85. The lowest BCUT2D eigenvalue weighted by Gasteiger charge is -2.09. The molecule has 19 heavy (non-hydrogen) atoms. The molecule has 0 amide bonds. The molecule has 1 radical (unpaired) electrons. The van der Waals surface area contributed by atoms with Crippen molar-refractivity contribution in [2.24, 2.45) is 0 Å². The van der Waals surface area contributed by atoms with E-state index in [-0.39, 0.29) is 10.4 Å².